The molecule has 2 rings (SSSR count). The van der Waals surface area contributed by atoms with Gasteiger partial charge in [-0.3, -0.25) is 4.79 Å². The molecule has 0 aromatic heterocycles. The van der Waals surface area contributed by atoms with Crippen molar-refractivity contribution in [2.45, 2.75) is 26.2 Å². The van der Waals surface area contributed by atoms with E-state index in [0.717, 1.165) is 31.5 Å². The van der Waals surface area contributed by atoms with Gasteiger partial charge in [0.2, 0.25) is 5.91 Å². The summed E-state index contributed by atoms with van der Waals surface area (Å²) in [5, 5.41) is 12.0. The molecular weight excluding hydrogens is 180 g/mol. The summed E-state index contributed by atoms with van der Waals surface area (Å²) in [5.41, 5.74) is 0.824. The maximum atomic E-state index is 11.7. The summed E-state index contributed by atoms with van der Waals surface area (Å²) < 4.78 is 0. The van der Waals surface area contributed by atoms with E-state index < -0.39 is 0 Å². The van der Waals surface area contributed by atoms with E-state index in [0.29, 0.717) is 18.4 Å². The molecule has 4 heteroatoms. The van der Waals surface area contributed by atoms with E-state index in [-0.39, 0.29) is 5.92 Å². The molecule has 1 heterocycles. The van der Waals surface area contributed by atoms with Crippen LogP contribution >= 0.6 is 0 Å². The summed E-state index contributed by atoms with van der Waals surface area (Å²) in [6.45, 7) is 3.44. The Kier molecular flexibility index (Phi) is 2.44. The third kappa shape index (κ3) is 1.74. The Labute approximate surface area is 83.6 Å². The molecule has 1 aliphatic carbocycles. The number of piperidine rings is 1. The van der Waals surface area contributed by atoms with Crippen LogP contribution < -0.4 is 0 Å². The molecular formula is C10H16N2O2. The minimum atomic E-state index is 0.205. The van der Waals surface area contributed by atoms with Crippen molar-refractivity contribution in [3.05, 3.63) is 0 Å². The van der Waals surface area contributed by atoms with Crippen LogP contribution in [-0.4, -0.2) is 34.8 Å². The van der Waals surface area contributed by atoms with Gasteiger partial charge in [-0.15, -0.1) is 0 Å². The number of hydrogen-bond donors (Lipinski definition) is 1. The molecule has 0 aromatic carbocycles. The van der Waals surface area contributed by atoms with E-state index in [9.17, 15) is 4.79 Å². The molecule has 1 saturated carbocycles. The summed E-state index contributed by atoms with van der Waals surface area (Å²) in [4.78, 5) is 13.6. The Morgan fingerprint density at radius 1 is 1.57 bits per heavy atom. The van der Waals surface area contributed by atoms with E-state index >= 15 is 0 Å². The van der Waals surface area contributed by atoms with Gasteiger partial charge in [0.05, 0.1) is 5.71 Å². The zero-order chi connectivity index (χ0) is 10.1. The van der Waals surface area contributed by atoms with E-state index in [1.807, 2.05) is 11.8 Å². The van der Waals surface area contributed by atoms with Gasteiger partial charge in [0.1, 0.15) is 0 Å². The van der Waals surface area contributed by atoms with Gasteiger partial charge in [0, 0.05) is 31.3 Å². The summed E-state index contributed by atoms with van der Waals surface area (Å²) in [6.07, 6.45) is 2.84. The lowest BCUT2D eigenvalue weighted by atomic mass is 9.97. The molecule has 1 atom stereocenters. The van der Waals surface area contributed by atoms with Crippen LogP contribution in [0.3, 0.4) is 0 Å². The lowest BCUT2D eigenvalue weighted by Crippen LogP contribution is -2.43. The average Bonchev–Trinajstić information content (AvgIpc) is 3.00. The Balaban J connectivity index is 1.94. The second-order valence-electron chi connectivity index (χ2n) is 4.30. The predicted molar refractivity (Wildman–Crippen MR) is 52.3 cm³/mol. The Morgan fingerprint density at radius 2 is 2.29 bits per heavy atom. The van der Waals surface area contributed by atoms with Gasteiger partial charge in [0.15, 0.2) is 0 Å². The quantitative estimate of drug-likeness (QED) is 0.504. The second-order valence-corrected chi connectivity index (χ2v) is 4.30. The van der Waals surface area contributed by atoms with Crippen molar-refractivity contribution >= 4 is 11.6 Å². The molecule has 1 N–H and O–H groups in total. The first-order valence-corrected chi connectivity index (χ1v) is 5.22. The van der Waals surface area contributed by atoms with E-state index in [2.05, 4.69) is 5.16 Å². The van der Waals surface area contributed by atoms with Crippen LogP contribution in [0, 0.1) is 11.8 Å². The van der Waals surface area contributed by atoms with Gasteiger partial charge in [-0.05, 0) is 12.8 Å². The minimum absolute atomic E-state index is 0.205. The molecule has 2 aliphatic rings. The van der Waals surface area contributed by atoms with Crippen molar-refractivity contribution in [3.8, 4) is 0 Å². The first-order chi connectivity index (χ1) is 6.72. The van der Waals surface area contributed by atoms with Gasteiger partial charge in [-0.2, -0.15) is 0 Å². The minimum Gasteiger partial charge on any atom is -0.411 e. The standard InChI is InChI=1S/C10H16N2O2/c1-7-6-12(5-4-9(7)11-14)10(13)8-2-3-8/h7-8,14H,2-6H2,1H3. The van der Waals surface area contributed by atoms with Crippen LogP contribution in [0.4, 0.5) is 0 Å². The molecule has 1 unspecified atom stereocenters. The van der Waals surface area contributed by atoms with Gasteiger partial charge >= 0.3 is 0 Å². The Bertz CT molecular complexity index is 271. The normalized spacial score (nSPS) is 30.8. The SMILES string of the molecule is CC1CN(C(=O)C2CC2)CCC1=NO. The summed E-state index contributed by atoms with van der Waals surface area (Å²) in [7, 11) is 0. The highest BCUT2D eigenvalue weighted by molar-refractivity contribution is 5.89. The van der Waals surface area contributed by atoms with E-state index in [1.165, 1.54) is 0 Å². The van der Waals surface area contributed by atoms with Crippen LogP contribution in [0.1, 0.15) is 26.2 Å². The van der Waals surface area contributed by atoms with Crippen LogP contribution in [0.5, 0.6) is 0 Å². The number of carbonyl (C=O) groups is 1. The molecule has 0 aromatic rings. The van der Waals surface area contributed by atoms with E-state index in [1.54, 1.807) is 0 Å². The highest BCUT2D eigenvalue weighted by atomic mass is 16.4. The molecule has 1 amide bonds. The van der Waals surface area contributed by atoms with Crippen LogP contribution in [-0.2, 0) is 4.79 Å². The van der Waals surface area contributed by atoms with Crippen LogP contribution in [0.25, 0.3) is 0 Å². The lowest BCUT2D eigenvalue weighted by Gasteiger charge is -2.31. The third-order valence-electron chi connectivity index (χ3n) is 3.07. The van der Waals surface area contributed by atoms with Crippen molar-refractivity contribution in [1.82, 2.24) is 4.90 Å². The fourth-order valence-electron chi connectivity index (χ4n) is 1.96. The lowest BCUT2D eigenvalue weighted by molar-refractivity contribution is -0.133. The number of hydrogen-bond acceptors (Lipinski definition) is 3. The number of likely N-dealkylation sites (tertiary alicyclic amines) is 1. The first-order valence-electron chi connectivity index (χ1n) is 5.22. The maximum absolute atomic E-state index is 11.7. The largest absolute Gasteiger partial charge is 0.411 e. The van der Waals surface area contributed by atoms with Crippen molar-refractivity contribution in [1.29, 1.82) is 0 Å². The second kappa shape index (κ2) is 3.59. The molecule has 0 radical (unpaired) electrons. The molecule has 0 spiro atoms. The summed E-state index contributed by atoms with van der Waals surface area (Å²) in [5.74, 6) is 0.806. The van der Waals surface area contributed by atoms with Crippen molar-refractivity contribution in [3.63, 3.8) is 0 Å². The van der Waals surface area contributed by atoms with Gasteiger partial charge in [0.25, 0.3) is 0 Å². The third-order valence-corrected chi connectivity index (χ3v) is 3.07. The number of nitrogens with zero attached hydrogens (tertiary/aromatic N) is 2. The van der Waals surface area contributed by atoms with Crippen molar-refractivity contribution in [2.75, 3.05) is 13.1 Å². The summed E-state index contributed by atoms with van der Waals surface area (Å²) in [6, 6.07) is 0. The highest BCUT2D eigenvalue weighted by Gasteiger charge is 2.35. The number of rotatable bonds is 1. The molecule has 78 valence electrons. The monoisotopic (exact) mass is 196 g/mol. The van der Waals surface area contributed by atoms with Crippen LogP contribution in [0.15, 0.2) is 5.16 Å². The topological polar surface area (TPSA) is 52.9 Å². The molecule has 0 bridgehead atoms. The van der Waals surface area contributed by atoms with Crippen molar-refractivity contribution in [2.24, 2.45) is 17.0 Å². The molecule has 4 nitrogen and oxygen atoms in total. The fraction of sp³-hybridized carbons (Fsp3) is 0.800. The fourth-order valence-corrected chi connectivity index (χ4v) is 1.96. The van der Waals surface area contributed by atoms with Crippen molar-refractivity contribution < 1.29 is 10.0 Å². The number of oxime groups is 1. The van der Waals surface area contributed by atoms with E-state index in [4.69, 9.17) is 5.21 Å². The Morgan fingerprint density at radius 3 is 2.79 bits per heavy atom. The number of carbonyl (C=O) groups excluding carboxylic acids is 1. The smallest absolute Gasteiger partial charge is 0.225 e. The zero-order valence-corrected chi connectivity index (χ0v) is 8.44. The van der Waals surface area contributed by atoms with Crippen LogP contribution in [0.2, 0.25) is 0 Å². The molecule has 14 heavy (non-hydrogen) atoms. The predicted octanol–water partition coefficient (Wildman–Crippen LogP) is 1.09. The van der Waals surface area contributed by atoms with Gasteiger partial charge < -0.3 is 10.1 Å². The first kappa shape index (κ1) is 9.49. The molecule has 1 aliphatic heterocycles. The highest BCUT2D eigenvalue weighted by Crippen LogP contribution is 2.32. The summed E-state index contributed by atoms with van der Waals surface area (Å²) >= 11 is 0. The Hall–Kier alpha value is -1.06. The number of amides is 1. The van der Waals surface area contributed by atoms with Gasteiger partial charge in [-0.25, -0.2) is 0 Å². The molecule has 1 saturated heterocycles. The van der Waals surface area contributed by atoms with Gasteiger partial charge in [-0.1, -0.05) is 12.1 Å². The maximum Gasteiger partial charge on any atom is 0.225 e. The average molecular weight is 196 g/mol. The zero-order valence-electron chi connectivity index (χ0n) is 8.44. The molecule has 2 fully saturated rings.